The van der Waals surface area contributed by atoms with Gasteiger partial charge in [0, 0.05) is 19.2 Å². The zero-order valence-electron chi connectivity index (χ0n) is 11.1. The molecule has 0 bridgehead atoms. The van der Waals surface area contributed by atoms with Crippen LogP contribution in [0.4, 0.5) is 13.2 Å². The Morgan fingerprint density at radius 2 is 1.90 bits per heavy atom. The van der Waals surface area contributed by atoms with Crippen molar-refractivity contribution < 1.29 is 27.9 Å². The van der Waals surface area contributed by atoms with Crippen molar-refractivity contribution in [3.63, 3.8) is 0 Å². The lowest BCUT2D eigenvalue weighted by Gasteiger charge is -2.07. The summed E-state index contributed by atoms with van der Waals surface area (Å²) in [6.07, 6.45) is -2.03. The molecule has 0 fully saturated rings. The van der Waals surface area contributed by atoms with Crippen molar-refractivity contribution in [1.82, 2.24) is 10.3 Å². The molecule has 0 aliphatic heterocycles. The third kappa shape index (κ3) is 6.24. The van der Waals surface area contributed by atoms with E-state index in [-0.39, 0.29) is 12.1 Å². The first-order valence-corrected chi connectivity index (χ1v) is 6.34. The van der Waals surface area contributed by atoms with Crippen LogP contribution < -0.4 is 5.32 Å². The van der Waals surface area contributed by atoms with Gasteiger partial charge in [0.15, 0.2) is 0 Å². The molecule has 1 heterocycles. The number of halogens is 3. The highest BCUT2D eigenvalue weighted by molar-refractivity contribution is 5.92. The van der Waals surface area contributed by atoms with Gasteiger partial charge in [-0.05, 0) is 25.0 Å². The van der Waals surface area contributed by atoms with Gasteiger partial charge in [-0.2, -0.15) is 13.2 Å². The SMILES string of the molecule is O=C(O)CCCCCNC(=O)c1ccc(C(F)(F)F)cn1. The monoisotopic (exact) mass is 304 g/mol. The summed E-state index contributed by atoms with van der Waals surface area (Å²) in [5, 5.41) is 10.9. The summed E-state index contributed by atoms with van der Waals surface area (Å²) in [6.45, 7) is 0.321. The van der Waals surface area contributed by atoms with Gasteiger partial charge in [0.05, 0.1) is 5.56 Å². The molecule has 0 unspecified atom stereocenters. The van der Waals surface area contributed by atoms with Crippen LogP contribution >= 0.6 is 0 Å². The molecule has 5 nitrogen and oxygen atoms in total. The van der Waals surface area contributed by atoms with E-state index >= 15 is 0 Å². The number of hydrogen-bond acceptors (Lipinski definition) is 3. The Hall–Kier alpha value is -2.12. The summed E-state index contributed by atoms with van der Waals surface area (Å²) in [5.41, 5.74) is -0.999. The van der Waals surface area contributed by atoms with Gasteiger partial charge >= 0.3 is 12.1 Å². The molecule has 1 amide bonds. The van der Waals surface area contributed by atoms with E-state index in [2.05, 4.69) is 10.3 Å². The summed E-state index contributed by atoms with van der Waals surface area (Å²) >= 11 is 0. The van der Waals surface area contributed by atoms with Crippen molar-refractivity contribution in [2.75, 3.05) is 6.54 Å². The van der Waals surface area contributed by atoms with Crippen LogP contribution in [0.1, 0.15) is 41.7 Å². The standard InChI is InChI=1S/C13H15F3N2O3/c14-13(15,16)9-5-6-10(18-8-9)12(21)17-7-3-1-2-4-11(19)20/h5-6,8H,1-4,7H2,(H,17,21)(H,19,20). The normalized spacial score (nSPS) is 11.2. The smallest absolute Gasteiger partial charge is 0.417 e. The molecule has 0 saturated carbocycles. The van der Waals surface area contributed by atoms with Crippen molar-refractivity contribution in [1.29, 1.82) is 0 Å². The van der Waals surface area contributed by atoms with Crippen molar-refractivity contribution >= 4 is 11.9 Å². The zero-order valence-corrected chi connectivity index (χ0v) is 11.1. The minimum absolute atomic E-state index is 0.0778. The Morgan fingerprint density at radius 1 is 1.19 bits per heavy atom. The third-order valence-corrected chi connectivity index (χ3v) is 2.68. The highest BCUT2D eigenvalue weighted by atomic mass is 19.4. The Bertz CT molecular complexity index is 486. The summed E-state index contributed by atoms with van der Waals surface area (Å²) in [6, 6.07) is 1.82. The predicted octanol–water partition coefficient (Wildman–Crippen LogP) is 2.48. The number of carboxylic acids is 1. The van der Waals surface area contributed by atoms with Gasteiger partial charge in [-0.3, -0.25) is 14.6 Å². The van der Waals surface area contributed by atoms with E-state index in [0.717, 1.165) is 12.1 Å². The molecule has 1 rings (SSSR count). The summed E-state index contributed by atoms with van der Waals surface area (Å²) < 4.78 is 36.9. The average Bonchev–Trinajstić information content (AvgIpc) is 2.41. The molecule has 0 radical (unpaired) electrons. The minimum atomic E-state index is -4.48. The number of hydrogen-bond donors (Lipinski definition) is 2. The molecule has 8 heteroatoms. The maximum atomic E-state index is 12.3. The molecule has 0 saturated heterocycles. The van der Waals surface area contributed by atoms with Crippen LogP contribution in [-0.4, -0.2) is 28.5 Å². The first-order chi connectivity index (χ1) is 9.80. The van der Waals surface area contributed by atoms with Gasteiger partial charge in [0.25, 0.3) is 5.91 Å². The second-order valence-corrected chi connectivity index (χ2v) is 4.39. The minimum Gasteiger partial charge on any atom is -0.481 e. The van der Waals surface area contributed by atoms with Gasteiger partial charge in [0.1, 0.15) is 5.69 Å². The topological polar surface area (TPSA) is 79.3 Å². The molecule has 1 aromatic rings. The molecule has 0 aliphatic carbocycles. The largest absolute Gasteiger partial charge is 0.481 e. The highest BCUT2D eigenvalue weighted by Crippen LogP contribution is 2.28. The highest BCUT2D eigenvalue weighted by Gasteiger charge is 2.30. The number of nitrogens with one attached hydrogen (secondary N) is 1. The lowest BCUT2D eigenvalue weighted by atomic mass is 10.2. The van der Waals surface area contributed by atoms with Gasteiger partial charge in [0.2, 0.25) is 0 Å². The maximum absolute atomic E-state index is 12.3. The van der Waals surface area contributed by atoms with E-state index in [1.807, 2.05) is 0 Å². The van der Waals surface area contributed by atoms with Gasteiger partial charge in [-0.1, -0.05) is 6.42 Å². The van der Waals surface area contributed by atoms with E-state index in [4.69, 9.17) is 5.11 Å². The number of carboxylic acid groups (broad SMARTS) is 1. The van der Waals surface area contributed by atoms with Crippen LogP contribution in [0.25, 0.3) is 0 Å². The zero-order chi connectivity index (χ0) is 15.9. The first kappa shape index (κ1) is 16.9. The molecule has 0 aliphatic rings. The van der Waals surface area contributed by atoms with Crippen LogP contribution in [0, 0.1) is 0 Å². The Morgan fingerprint density at radius 3 is 2.43 bits per heavy atom. The fourth-order valence-electron chi connectivity index (χ4n) is 1.57. The first-order valence-electron chi connectivity index (χ1n) is 6.34. The number of amides is 1. The maximum Gasteiger partial charge on any atom is 0.417 e. The van der Waals surface area contributed by atoms with Crippen molar-refractivity contribution in [3.8, 4) is 0 Å². The van der Waals surface area contributed by atoms with Gasteiger partial charge < -0.3 is 10.4 Å². The van der Waals surface area contributed by atoms with Crippen LogP contribution in [0.2, 0.25) is 0 Å². The number of aliphatic carboxylic acids is 1. The summed E-state index contributed by atoms with van der Waals surface area (Å²) in [4.78, 5) is 25.3. The fraction of sp³-hybridized carbons (Fsp3) is 0.462. The predicted molar refractivity (Wildman–Crippen MR) is 67.7 cm³/mol. The van der Waals surface area contributed by atoms with Crippen LogP contribution in [0.15, 0.2) is 18.3 Å². The number of rotatable bonds is 7. The number of carbonyl (C=O) groups is 2. The van der Waals surface area contributed by atoms with Crippen molar-refractivity contribution in [2.24, 2.45) is 0 Å². The van der Waals surface area contributed by atoms with E-state index in [1.54, 1.807) is 0 Å². The van der Waals surface area contributed by atoms with Crippen molar-refractivity contribution in [2.45, 2.75) is 31.9 Å². The summed E-state index contributed by atoms with van der Waals surface area (Å²) in [5.74, 6) is -1.42. The van der Waals surface area contributed by atoms with E-state index in [1.165, 1.54) is 0 Å². The van der Waals surface area contributed by atoms with E-state index < -0.39 is 23.6 Å². The van der Waals surface area contributed by atoms with Crippen molar-refractivity contribution in [3.05, 3.63) is 29.6 Å². The number of nitrogens with zero attached hydrogens (tertiary/aromatic N) is 1. The number of pyridine rings is 1. The molecular weight excluding hydrogens is 289 g/mol. The third-order valence-electron chi connectivity index (χ3n) is 2.68. The molecule has 0 spiro atoms. The van der Waals surface area contributed by atoms with E-state index in [0.29, 0.717) is 32.0 Å². The van der Waals surface area contributed by atoms with Crippen LogP contribution in [0.5, 0.6) is 0 Å². The van der Waals surface area contributed by atoms with Gasteiger partial charge in [-0.25, -0.2) is 0 Å². The van der Waals surface area contributed by atoms with Crippen LogP contribution in [-0.2, 0) is 11.0 Å². The average molecular weight is 304 g/mol. The molecule has 1 aromatic heterocycles. The number of aromatic nitrogens is 1. The molecule has 2 N–H and O–H groups in total. The fourth-order valence-corrected chi connectivity index (χ4v) is 1.57. The molecular formula is C13H15F3N2O3. The number of carbonyl (C=O) groups excluding carboxylic acids is 1. The Balaban J connectivity index is 2.34. The second kappa shape index (κ2) is 7.61. The van der Waals surface area contributed by atoms with Crippen LogP contribution in [0.3, 0.4) is 0 Å². The number of unbranched alkanes of at least 4 members (excludes halogenated alkanes) is 2. The molecule has 21 heavy (non-hydrogen) atoms. The Kier molecular flexibility index (Phi) is 6.13. The Labute approximate surface area is 119 Å². The summed E-state index contributed by atoms with van der Waals surface area (Å²) in [7, 11) is 0. The van der Waals surface area contributed by atoms with Gasteiger partial charge in [-0.15, -0.1) is 0 Å². The molecule has 116 valence electrons. The lowest BCUT2D eigenvalue weighted by Crippen LogP contribution is -2.25. The number of alkyl halides is 3. The van der Waals surface area contributed by atoms with E-state index in [9.17, 15) is 22.8 Å². The quantitative estimate of drug-likeness (QED) is 0.758. The lowest BCUT2D eigenvalue weighted by molar-refractivity contribution is -0.138. The molecule has 0 aromatic carbocycles. The molecule has 0 atom stereocenters. The second-order valence-electron chi connectivity index (χ2n) is 4.39.